The highest BCUT2D eigenvalue weighted by Crippen LogP contribution is 2.00. The second kappa shape index (κ2) is 4.62. The van der Waals surface area contributed by atoms with Crippen LogP contribution in [0.1, 0.15) is 13.3 Å². The first-order chi connectivity index (χ1) is 3.31. The number of rotatable bonds is 3. The maximum Gasteiger partial charge on any atom is 0.273 e. The van der Waals surface area contributed by atoms with Crippen molar-refractivity contribution in [1.82, 2.24) is 0 Å². The van der Waals surface area contributed by atoms with Crippen molar-refractivity contribution in [2.75, 3.05) is 7.11 Å². The molecule has 0 aliphatic rings. The van der Waals surface area contributed by atoms with Crippen LogP contribution in [0.5, 0.6) is 0 Å². The summed E-state index contributed by atoms with van der Waals surface area (Å²) in [6, 6.07) is 1.08. The van der Waals surface area contributed by atoms with Crippen molar-refractivity contribution in [3.63, 3.8) is 0 Å². The Morgan fingerprint density at radius 2 is 2.29 bits per heavy atom. The molecule has 0 saturated carbocycles. The smallest absolute Gasteiger partial charge is 0.273 e. The second-order valence-corrected chi connectivity index (χ2v) is 4.76. The fraction of sp³-hybridized carbons (Fsp3) is 1.00. The summed E-state index contributed by atoms with van der Waals surface area (Å²) in [7, 11) is 0.471. The van der Waals surface area contributed by atoms with Gasteiger partial charge in [-0.3, -0.25) is 0 Å². The molecule has 0 bridgehead atoms. The molecule has 7 heavy (non-hydrogen) atoms. The first-order valence-electron chi connectivity index (χ1n) is 2.48. The number of halogens is 1. The monoisotopic (exact) mass is 138 g/mol. The van der Waals surface area contributed by atoms with Gasteiger partial charge in [0.05, 0.1) is 0 Å². The quantitative estimate of drug-likeness (QED) is 0.424. The topological polar surface area (TPSA) is 9.23 Å². The van der Waals surface area contributed by atoms with Gasteiger partial charge in [0.1, 0.15) is 0 Å². The van der Waals surface area contributed by atoms with Crippen LogP contribution in [-0.2, 0) is 4.43 Å². The number of hydrogen-bond donors (Lipinski definition) is 0. The van der Waals surface area contributed by atoms with E-state index < -0.39 is 8.35 Å². The van der Waals surface area contributed by atoms with Crippen LogP contribution in [0, 0.1) is 0 Å². The maximum atomic E-state index is 5.68. The SMILES string of the molecule is CCC[SiH](Cl)OC. The van der Waals surface area contributed by atoms with Gasteiger partial charge in [-0.25, -0.2) is 0 Å². The largest absolute Gasteiger partial charge is 0.409 e. The summed E-state index contributed by atoms with van der Waals surface area (Å²) in [5.74, 6) is 0. The molecule has 1 atom stereocenters. The molecule has 0 rings (SSSR count). The van der Waals surface area contributed by atoms with Crippen molar-refractivity contribution in [1.29, 1.82) is 0 Å². The summed E-state index contributed by atoms with van der Waals surface area (Å²) < 4.78 is 4.89. The van der Waals surface area contributed by atoms with Gasteiger partial charge in [0.25, 0.3) is 8.35 Å². The third kappa shape index (κ3) is 4.32. The Morgan fingerprint density at radius 1 is 1.71 bits per heavy atom. The Labute approximate surface area is 51.1 Å². The van der Waals surface area contributed by atoms with Crippen LogP contribution in [0.4, 0.5) is 0 Å². The molecule has 0 aromatic carbocycles. The average molecular weight is 139 g/mol. The summed E-state index contributed by atoms with van der Waals surface area (Å²) in [5.41, 5.74) is 0. The predicted octanol–water partition coefficient (Wildman–Crippen LogP) is 1.50. The van der Waals surface area contributed by atoms with Gasteiger partial charge >= 0.3 is 0 Å². The van der Waals surface area contributed by atoms with Gasteiger partial charge in [0.15, 0.2) is 0 Å². The molecule has 3 heteroatoms. The molecule has 0 aliphatic carbocycles. The summed E-state index contributed by atoms with van der Waals surface area (Å²) in [6.07, 6.45) is 1.15. The lowest BCUT2D eigenvalue weighted by Gasteiger charge is -1.99. The lowest BCUT2D eigenvalue weighted by atomic mass is 10.6. The van der Waals surface area contributed by atoms with Crippen LogP contribution in [0.2, 0.25) is 6.04 Å². The fourth-order valence-corrected chi connectivity index (χ4v) is 1.69. The van der Waals surface area contributed by atoms with E-state index >= 15 is 0 Å². The molecular formula is C4H11ClOSi. The summed E-state index contributed by atoms with van der Waals surface area (Å²) in [6.45, 7) is 2.11. The van der Waals surface area contributed by atoms with Crippen molar-refractivity contribution >= 4 is 19.4 Å². The van der Waals surface area contributed by atoms with Gasteiger partial charge < -0.3 is 4.43 Å². The van der Waals surface area contributed by atoms with E-state index in [0.717, 1.165) is 12.5 Å². The summed E-state index contributed by atoms with van der Waals surface area (Å²) in [5, 5.41) is 0. The molecule has 1 nitrogen and oxygen atoms in total. The Hall–Kier alpha value is 0.467. The lowest BCUT2D eigenvalue weighted by molar-refractivity contribution is 0.433. The highest BCUT2D eigenvalue weighted by molar-refractivity contribution is 7.03. The minimum Gasteiger partial charge on any atom is -0.409 e. The van der Waals surface area contributed by atoms with Gasteiger partial charge in [-0.2, -0.15) is 0 Å². The third-order valence-electron chi connectivity index (χ3n) is 0.771. The van der Waals surface area contributed by atoms with Crippen molar-refractivity contribution in [3.05, 3.63) is 0 Å². The van der Waals surface area contributed by atoms with Crippen LogP contribution < -0.4 is 0 Å². The molecule has 0 radical (unpaired) electrons. The molecule has 0 N–H and O–H groups in total. The van der Waals surface area contributed by atoms with Crippen LogP contribution in [0.15, 0.2) is 0 Å². The molecule has 0 aromatic rings. The van der Waals surface area contributed by atoms with Crippen molar-refractivity contribution in [3.8, 4) is 0 Å². The molecule has 44 valence electrons. The lowest BCUT2D eigenvalue weighted by Crippen LogP contribution is -2.04. The molecule has 0 heterocycles. The summed E-state index contributed by atoms with van der Waals surface area (Å²) >= 11 is 5.68. The van der Waals surface area contributed by atoms with Gasteiger partial charge in [0.2, 0.25) is 0 Å². The van der Waals surface area contributed by atoms with Crippen LogP contribution >= 0.6 is 11.1 Å². The van der Waals surface area contributed by atoms with Crippen molar-refractivity contribution in [2.45, 2.75) is 19.4 Å². The van der Waals surface area contributed by atoms with Crippen LogP contribution in [0.3, 0.4) is 0 Å². The van der Waals surface area contributed by atoms with E-state index in [1.807, 2.05) is 0 Å². The molecule has 0 spiro atoms. The first kappa shape index (κ1) is 7.47. The molecule has 0 amide bonds. The van der Waals surface area contributed by atoms with E-state index in [9.17, 15) is 0 Å². The van der Waals surface area contributed by atoms with E-state index in [2.05, 4.69) is 6.92 Å². The van der Waals surface area contributed by atoms with E-state index in [1.54, 1.807) is 7.11 Å². The molecule has 0 aliphatic heterocycles. The van der Waals surface area contributed by atoms with Crippen LogP contribution in [0.25, 0.3) is 0 Å². The van der Waals surface area contributed by atoms with E-state index in [1.165, 1.54) is 0 Å². The van der Waals surface area contributed by atoms with E-state index in [0.29, 0.717) is 0 Å². The molecule has 1 unspecified atom stereocenters. The molecular weight excluding hydrogens is 128 g/mol. The minimum absolute atomic E-state index is 1.08. The zero-order chi connectivity index (χ0) is 5.70. The zero-order valence-electron chi connectivity index (χ0n) is 4.78. The number of hydrogen-bond acceptors (Lipinski definition) is 1. The molecule has 0 aromatic heterocycles. The highest BCUT2D eigenvalue weighted by atomic mass is 35.6. The standard InChI is InChI=1S/C4H11ClOSi/c1-3-4-7(5)6-2/h7H,3-4H2,1-2H3. The third-order valence-corrected chi connectivity index (χ3v) is 3.50. The molecule has 0 saturated heterocycles. The van der Waals surface area contributed by atoms with Gasteiger partial charge in [-0.15, -0.1) is 11.1 Å². The van der Waals surface area contributed by atoms with Crippen molar-refractivity contribution in [2.24, 2.45) is 0 Å². The average Bonchev–Trinajstić information content (AvgIpc) is 1.68. The van der Waals surface area contributed by atoms with Crippen molar-refractivity contribution < 1.29 is 4.43 Å². The normalized spacial score (nSPS) is 14.1. The Morgan fingerprint density at radius 3 is 2.43 bits per heavy atom. The van der Waals surface area contributed by atoms with Gasteiger partial charge in [-0.05, 0) is 6.04 Å². The summed E-state index contributed by atoms with van der Waals surface area (Å²) in [4.78, 5) is 0. The first-order valence-corrected chi connectivity index (χ1v) is 5.51. The predicted molar refractivity (Wildman–Crippen MR) is 35.1 cm³/mol. The molecule has 0 fully saturated rings. The maximum absolute atomic E-state index is 5.68. The highest BCUT2D eigenvalue weighted by Gasteiger charge is 2.00. The van der Waals surface area contributed by atoms with E-state index in [-0.39, 0.29) is 0 Å². The van der Waals surface area contributed by atoms with Crippen LogP contribution in [-0.4, -0.2) is 15.5 Å². The van der Waals surface area contributed by atoms with Gasteiger partial charge in [-0.1, -0.05) is 13.3 Å². The Kier molecular flexibility index (Phi) is 4.93. The Bertz CT molecular complexity index is 42.7. The second-order valence-electron chi connectivity index (χ2n) is 1.43. The fourth-order valence-electron chi connectivity index (χ4n) is 0.345. The van der Waals surface area contributed by atoms with E-state index in [4.69, 9.17) is 15.5 Å². The van der Waals surface area contributed by atoms with Gasteiger partial charge in [0, 0.05) is 7.11 Å². The minimum atomic E-state index is -1.21. The Balaban J connectivity index is 2.83. The zero-order valence-corrected chi connectivity index (χ0v) is 6.69.